The summed E-state index contributed by atoms with van der Waals surface area (Å²) in [5, 5.41) is 7.51. The second-order valence-electron chi connectivity index (χ2n) is 6.78. The number of ether oxygens (including phenoxy) is 1. The van der Waals surface area contributed by atoms with Crippen LogP contribution in [0, 0.1) is 0 Å². The van der Waals surface area contributed by atoms with Gasteiger partial charge in [-0.1, -0.05) is 18.2 Å². The standard InChI is InChI=1S/C20H17N5O3/c1-11(26)21-13-6-5-12-9-25-14(10-28-18(12)7-13)8-17(24-25)15-3-2-4-16-19(15)23-20(27)22-16/h2-8H,9-10H2,1H3,(H,21,26)(H2,22,23,27). The number of hydrogen-bond acceptors (Lipinski definition) is 4. The number of para-hydroxylation sites is 1. The average Bonchev–Trinajstić information content (AvgIpc) is 3.19. The molecule has 0 radical (unpaired) electrons. The molecule has 0 unspecified atom stereocenters. The van der Waals surface area contributed by atoms with Crippen molar-refractivity contribution in [2.45, 2.75) is 20.1 Å². The highest BCUT2D eigenvalue weighted by Gasteiger charge is 2.19. The summed E-state index contributed by atoms with van der Waals surface area (Å²) in [4.78, 5) is 28.5. The molecule has 0 saturated carbocycles. The Morgan fingerprint density at radius 1 is 1.21 bits per heavy atom. The van der Waals surface area contributed by atoms with E-state index in [9.17, 15) is 9.59 Å². The van der Waals surface area contributed by atoms with Crippen LogP contribution in [0.3, 0.4) is 0 Å². The van der Waals surface area contributed by atoms with E-state index in [4.69, 9.17) is 9.84 Å². The van der Waals surface area contributed by atoms with Gasteiger partial charge in [-0.3, -0.25) is 9.48 Å². The van der Waals surface area contributed by atoms with E-state index < -0.39 is 0 Å². The summed E-state index contributed by atoms with van der Waals surface area (Å²) >= 11 is 0. The maximum atomic E-state index is 11.7. The summed E-state index contributed by atoms with van der Waals surface area (Å²) in [5.41, 5.74) is 5.50. The van der Waals surface area contributed by atoms with Gasteiger partial charge in [0.25, 0.3) is 0 Å². The van der Waals surface area contributed by atoms with Crippen molar-refractivity contribution < 1.29 is 9.53 Å². The molecule has 5 rings (SSSR count). The van der Waals surface area contributed by atoms with Crippen molar-refractivity contribution in [2.75, 3.05) is 5.32 Å². The minimum absolute atomic E-state index is 0.122. The fourth-order valence-electron chi connectivity index (χ4n) is 3.53. The number of nitrogens with one attached hydrogen (secondary N) is 3. The van der Waals surface area contributed by atoms with E-state index >= 15 is 0 Å². The monoisotopic (exact) mass is 375 g/mol. The molecule has 0 fully saturated rings. The van der Waals surface area contributed by atoms with Crippen LogP contribution in [-0.4, -0.2) is 25.7 Å². The molecule has 4 aromatic rings. The van der Waals surface area contributed by atoms with E-state index in [0.717, 1.165) is 39.3 Å². The Morgan fingerprint density at radius 3 is 2.96 bits per heavy atom. The van der Waals surface area contributed by atoms with Gasteiger partial charge < -0.3 is 20.0 Å². The minimum Gasteiger partial charge on any atom is -0.487 e. The largest absolute Gasteiger partial charge is 0.487 e. The number of aromatic amines is 2. The van der Waals surface area contributed by atoms with Crippen LogP contribution in [0.15, 0.2) is 47.3 Å². The first-order chi connectivity index (χ1) is 13.6. The average molecular weight is 375 g/mol. The Kier molecular flexibility index (Phi) is 3.58. The fourth-order valence-corrected chi connectivity index (χ4v) is 3.53. The maximum absolute atomic E-state index is 11.7. The molecular weight excluding hydrogens is 358 g/mol. The summed E-state index contributed by atoms with van der Waals surface area (Å²) in [6.07, 6.45) is 0. The molecule has 0 bridgehead atoms. The van der Waals surface area contributed by atoms with E-state index in [1.165, 1.54) is 6.92 Å². The van der Waals surface area contributed by atoms with Gasteiger partial charge in [0, 0.05) is 29.8 Å². The van der Waals surface area contributed by atoms with Crippen LogP contribution in [0.5, 0.6) is 5.75 Å². The molecule has 8 heteroatoms. The zero-order valence-electron chi connectivity index (χ0n) is 15.1. The highest BCUT2D eigenvalue weighted by atomic mass is 16.5. The highest BCUT2D eigenvalue weighted by Crippen LogP contribution is 2.31. The number of rotatable bonds is 2. The predicted octanol–water partition coefficient (Wildman–Crippen LogP) is 2.62. The van der Waals surface area contributed by atoms with E-state index in [1.807, 2.05) is 47.1 Å². The van der Waals surface area contributed by atoms with Crippen molar-refractivity contribution in [3.8, 4) is 17.0 Å². The Morgan fingerprint density at radius 2 is 2.11 bits per heavy atom. The van der Waals surface area contributed by atoms with Crippen molar-refractivity contribution in [1.29, 1.82) is 0 Å². The summed E-state index contributed by atoms with van der Waals surface area (Å²) in [5.74, 6) is 0.610. The second kappa shape index (κ2) is 6.12. The van der Waals surface area contributed by atoms with Crippen LogP contribution in [0.2, 0.25) is 0 Å². The van der Waals surface area contributed by atoms with E-state index in [2.05, 4.69) is 15.3 Å². The molecule has 1 aliphatic rings. The number of benzene rings is 2. The molecule has 3 N–H and O–H groups in total. The molecule has 8 nitrogen and oxygen atoms in total. The molecule has 0 aliphatic carbocycles. The van der Waals surface area contributed by atoms with Gasteiger partial charge in [-0.2, -0.15) is 5.10 Å². The Labute approximate surface area is 159 Å². The van der Waals surface area contributed by atoms with Gasteiger partial charge in [0.2, 0.25) is 5.91 Å². The lowest BCUT2D eigenvalue weighted by Gasteiger charge is -2.09. The van der Waals surface area contributed by atoms with Crippen molar-refractivity contribution in [3.05, 3.63) is 64.2 Å². The molecule has 0 atom stereocenters. The van der Waals surface area contributed by atoms with E-state index in [1.54, 1.807) is 0 Å². The topological polar surface area (TPSA) is 105 Å². The van der Waals surface area contributed by atoms with Gasteiger partial charge in [0.15, 0.2) is 0 Å². The number of hydrogen-bond donors (Lipinski definition) is 3. The molecule has 2 aromatic heterocycles. The Balaban J connectivity index is 1.52. The third-order valence-electron chi connectivity index (χ3n) is 4.77. The summed E-state index contributed by atoms with van der Waals surface area (Å²) < 4.78 is 7.87. The molecule has 2 aromatic carbocycles. The minimum atomic E-state index is -0.240. The second-order valence-corrected chi connectivity index (χ2v) is 6.78. The molecule has 1 amide bonds. The van der Waals surface area contributed by atoms with Gasteiger partial charge in [-0.05, 0) is 18.2 Å². The number of anilines is 1. The zero-order chi connectivity index (χ0) is 19.3. The third-order valence-corrected chi connectivity index (χ3v) is 4.77. The van der Waals surface area contributed by atoms with Crippen LogP contribution >= 0.6 is 0 Å². The van der Waals surface area contributed by atoms with Crippen LogP contribution in [0.4, 0.5) is 5.69 Å². The number of imidazole rings is 1. The first kappa shape index (κ1) is 16.4. The molecule has 1 aliphatic heterocycles. The lowest BCUT2D eigenvalue weighted by molar-refractivity contribution is -0.114. The fraction of sp³-hybridized carbons (Fsp3) is 0.150. The van der Waals surface area contributed by atoms with Crippen LogP contribution in [0.1, 0.15) is 18.2 Å². The van der Waals surface area contributed by atoms with Gasteiger partial charge in [-0.25, -0.2) is 4.79 Å². The van der Waals surface area contributed by atoms with Crippen molar-refractivity contribution in [3.63, 3.8) is 0 Å². The van der Waals surface area contributed by atoms with E-state index in [-0.39, 0.29) is 11.6 Å². The molecule has 140 valence electrons. The molecule has 0 saturated heterocycles. The summed E-state index contributed by atoms with van der Waals surface area (Å²) in [7, 11) is 0. The van der Waals surface area contributed by atoms with Gasteiger partial charge >= 0.3 is 5.69 Å². The molecular formula is C20H17N5O3. The number of carbonyl (C=O) groups excluding carboxylic acids is 1. The zero-order valence-corrected chi connectivity index (χ0v) is 15.1. The summed E-state index contributed by atoms with van der Waals surface area (Å²) in [6, 6.07) is 13.3. The lowest BCUT2D eigenvalue weighted by Crippen LogP contribution is -2.06. The smallest absolute Gasteiger partial charge is 0.323 e. The SMILES string of the molecule is CC(=O)Nc1ccc2c(c1)OCc1cc(-c3cccc4[nH]c(=O)[nH]c34)nn1C2. The highest BCUT2D eigenvalue weighted by molar-refractivity contribution is 5.90. The lowest BCUT2D eigenvalue weighted by atomic mass is 10.1. The van der Waals surface area contributed by atoms with Crippen molar-refractivity contribution >= 4 is 22.6 Å². The number of aromatic nitrogens is 4. The number of fused-ring (bicyclic) bond motifs is 3. The maximum Gasteiger partial charge on any atom is 0.323 e. The van der Waals surface area contributed by atoms with Crippen LogP contribution < -0.4 is 15.7 Å². The van der Waals surface area contributed by atoms with Crippen molar-refractivity contribution in [2.24, 2.45) is 0 Å². The summed E-state index contributed by atoms with van der Waals surface area (Å²) in [6.45, 7) is 2.40. The normalized spacial score (nSPS) is 12.8. The number of nitrogens with zero attached hydrogens (tertiary/aromatic N) is 2. The number of amides is 1. The van der Waals surface area contributed by atoms with E-state index in [0.29, 0.717) is 18.8 Å². The van der Waals surface area contributed by atoms with Gasteiger partial charge in [-0.15, -0.1) is 0 Å². The Hall–Kier alpha value is -3.81. The van der Waals surface area contributed by atoms with Crippen LogP contribution in [-0.2, 0) is 17.9 Å². The number of H-pyrrole nitrogens is 2. The van der Waals surface area contributed by atoms with Gasteiger partial charge in [0.05, 0.1) is 29.0 Å². The molecule has 28 heavy (non-hydrogen) atoms. The Bertz CT molecular complexity index is 1280. The quantitative estimate of drug-likeness (QED) is 0.501. The molecule has 3 heterocycles. The third kappa shape index (κ3) is 2.75. The first-order valence-electron chi connectivity index (χ1n) is 8.88. The predicted molar refractivity (Wildman–Crippen MR) is 104 cm³/mol. The van der Waals surface area contributed by atoms with Crippen LogP contribution in [0.25, 0.3) is 22.3 Å². The van der Waals surface area contributed by atoms with Crippen molar-refractivity contribution in [1.82, 2.24) is 19.7 Å². The molecule has 0 spiro atoms. The number of carbonyl (C=O) groups is 1. The first-order valence-corrected chi connectivity index (χ1v) is 8.88. The van der Waals surface area contributed by atoms with Gasteiger partial charge in [0.1, 0.15) is 12.4 Å².